The second-order valence-electron chi connectivity index (χ2n) is 8.86. The molecule has 1 amide bonds. The summed E-state index contributed by atoms with van der Waals surface area (Å²) < 4.78 is 1.68. The second-order valence-corrected chi connectivity index (χ2v) is 8.86. The predicted molar refractivity (Wildman–Crippen MR) is 107 cm³/mol. The van der Waals surface area contributed by atoms with Gasteiger partial charge in [0, 0.05) is 19.2 Å². The Morgan fingerprint density at radius 2 is 1.96 bits per heavy atom. The number of rotatable bonds is 5. The standard InChI is InChI=1S/C21H29N5O2/c1-21(2)11-17-15(18(27)12-21)13-23-19-16(14-24-26(17)19)20(28)22-7-6-10-25-8-4-3-5-9-25/h13-14H,3-12H2,1-2H3,(H,22,28). The number of piperidine rings is 1. The normalized spacial score (nSPS) is 19.6. The van der Waals surface area contributed by atoms with Crippen LogP contribution in [0.15, 0.2) is 12.4 Å². The molecule has 150 valence electrons. The number of hydrogen-bond donors (Lipinski definition) is 1. The highest BCUT2D eigenvalue weighted by atomic mass is 16.1. The van der Waals surface area contributed by atoms with Crippen LogP contribution in [0, 0.1) is 5.41 Å². The fourth-order valence-electron chi connectivity index (χ4n) is 4.37. The molecule has 7 nitrogen and oxygen atoms in total. The number of nitrogens with one attached hydrogen (secondary N) is 1. The maximum atomic E-state index is 12.6. The molecule has 0 spiro atoms. The van der Waals surface area contributed by atoms with Crippen LogP contribution in [0.4, 0.5) is 0 Å². The zero-order valence-corrected chi connectivity index (χ0v) is 16.8. The minimum Gasteiger partial charge on any atom is -0.352 e. The van der Waals surface area contributed by atoms with Gasteiger partial charge in [-0.1, -0.05) is 20.3 Å². The number of likely N-dealkylation sites (tertiary alicyclic amines) is 1. The van der Waals surface area contributed by atoms with Crippen LogP contribution in [0.5, 0.6) is 0 Å². The number of hydrogen-bond acceptors (Lipinski definition) is 5. The summed E-state index contributed by atoms with van der Waals surface area (Å²) in [6.07, 6.45) is 9.27. The Morgan fingerprint density at radius 3 is 2.75 bits per heavy atom. The lowest BCUT2D eigenvalue weighted by Crippen LogP contribution is -2.33. The molecule has 0 atom stereocenters. The molecule has 1 N–H and O–H groups in total. The van der Waals surface area contributed by atoms with Gasteiger partial charge in [0.2, 0.25) is 0 Å². The Hall–Kier alpha value is -2.28. The molecule has 0 saturated carbocycles. The fraction of sp³-hybridized carbons (Fsp3) is 0.619. The fourth-order valence-corrected chi connectivity index (χ4v) is 4.37. The molecule has 1 aliphatic carbocycles. The lowest BCUT2D eigenvalue weighted by molar-refractivity contribution is 0.0907. The van der Waals surface area contributed by atoms with Crippen LogP contribution in [-0.4, -0.2) is 57.4 Å². The summed E-state index contributed by atoms with van der Waals surface area (Å²) >= 11 is 0. The van der Waals surface area contributed by atoms with E-state index in [-0.39, 0.29) is 17.1 Å². The molecule has 0 unspecified atom stereocenters. The third-order valence-corrected chi connectivity index (χ3v) is 5.84. The number of nitrogens with zero attached hydrogens (tertiary/aromatic N) is 4. The van der Waals surface area contributed by atoms with E-state index in [2.05, 4.69) is 34.1 Å². The quantitative estimate of drug-likeness (QED) is 0.803. The summed E-state index contributed by atoms with van der Waals surface area (Å²) in [6.45, 7) is 8.18. The molecule has 1 fully saturated rings. The molecule has 1 aliphatic heterocycles. The van der Waals surface area contributed by atoms with Crippen molar-refractivity contribution in [3.63, 3.8) is 0 Å². The number of aromatic nitrogens is 3. The van der Waals surface area contributed by atoms with Gasteiger partial charge in [0.05, 0.1) is 17.5 Å². The Kier molecular flexibility index (Phi) is 5.19. The average molecular weight is 383 g/mol. The number of amides is 1. The molecule has 0 aromatic carbocycles. The van der Waals surface area contributed by atoms with Crippen molar-refractivity contribution in [2.75, 3.05) is 26.2 Å². The van der Waals surface area contributed by atoms with Gasteiger partial charge < -0.3 is 10.2 Å². The van der Waals surface area contributed by atoms with Crippen LogP contribution in [0.25, 0.3) is 5.65 Å². The molecule has 3 heterocycles. The number of fused-ring (bicyclic) bond motifs is 3. The Labute approximate surface area is 165 Å². The molecular weight excluding hydrogens is 354 g/mol. The van der Waals surface area contributed by atoms with Gasteiger partial charge >= 0.3 is 0 Å². The highest BCUT2D eigenvalue weighted by Gasteiger charge is 2.33. The van der Waals surface area contributed by atoms with E-state index in [4.69, 9.17) is 0 Å². The van der Waals surface area contributed by atoms with Gasteiger partial charge in [-0.2, -0.15) is 5.10 Å². The summed E-state index contributed by atoms with van der Waals surface area (Å²) in [4.78, 5) is 31.9. The van der Waals surface area contributed by atoms with E-state index >= 15 is 0 Å². The Morgan fingerprint density at radius 1 is 1.18 bits per heavy atom. The van der Waals surface area contributed by atoms with Crippen molar-refractivity contribution in [1.29, 1.82) is 0 Å². The van der Waals surface area contributed by atoms with Crippen LogP contribution < -0.4 is 5.32 Å². The van der Waals surface area contributed by atoms with Gasteiger partial charge in [-0.3, -0.25) is 9.59 Å². The van der Waals surface area contributed by atoms with E-state index in [1.54, 1.807) is 16.9 Å². The lowest BCUT2D eigenvalue weighted by Gasteiger charge is -2.29. The van der Waals surface area contributed by atoms with E-state index < -0.39 is 0 Å². The first kappa shape index (κ1) is 19.1. The highest BCUT2D eigenvalue weighted by Crippen LogP contribution is 2.34. The molecule has 2 aromatic rings. The van der Waals surface area contributed by atoms with Gasteiger partial charge in [0.15, 0.2) is 11.4 Å². The smallest absolute Gasteiger partial charge is 0.256 e. The maximum absolute atomic E-state index is 12.6. The van der Waals surface area contributed by atoms with E-state index in [0.717, 1.165) is 25.1 Å². The number of carbonyl (C=O) groups is 2. The van der Waals surface area contributed by atoms with E-state index in [1.807, 2.05) is 0 Å². The Bertz CT molecular complexity index is 896. The molecule has 2 aliphatic rings. The zero-order valence-electron chi connectivity index (χ0n) is 16.8. The van der Waals surface area contributed by atoms with E-state index in [1.165, 1.54) is 32.4 Å². The molecule has 7 heteroatoms. The molecule has 0 radical (unpaired) electrons. The van der Waals surface area contributed by atoms with Crippen molar-refractivity contribution in [3.8, 4) is 0 Å². The average Bonchev–Trinajstić information content (AvgIpc) is 3.10. The minimum absolute atomic E-state index is 0.0971. The van der Waals surface area contributed by atoms with Gasteiger partial charge in [-0.25, -0.2) is 9.50 Å². The first-order valence-electron chi connectivity index (χ1n) is 10.3. The van der Waals surface area contributed by atoms with Gasteiger partial charge in [0.25, 0.3) is 5.91 Å². The second kappa shape index (κ2) is 7.62. The largest absolute Gasteiger partial charge is 0.352 e. The van der Waals surface area contributed by atoms with Crippen molar-refractivity contribution < 1.29 is 9.59 Å². The number of Topliss-reactive ketones (excluding diaryl/α,β-unsaturated/α-hetero) is 1. The summed E-state index contributed by atoms with van der Waals surface area (Å²) in [5, 5.41) is 7.38. The van der Waals surface area contributed by atoms with E-state index in [9.17, 15) is 9.59 Å². The van der Waals surface area contributed by atoms with Crippen LogP contribution in [0.2, 0.25) is 0 Å². The third kappa shape index (κ3) is 3.81. The van der Waals surface area contributed by atoms with Crippen molar-refractivity contribution in [2.24, 2.45) is 5.41 Å². The van der Waals surface area contributed by atoms with Gasteiger partial charge in [-0.05, 0) is 50.7 Å². The number of ketones is 1. The van der Waals surface area contributed by atoms with E-state index in [0.29, 0.717) is 29.7 Å². The maximum Gasteiger partial charge on any atom is 0.256 e. The van der Waals surface area contributed by atoms with Gasteiger partial charge in [-0.15, -0.1) is 0 Å². The number of carbonyl (C=O) groups excluding carboxylic acids is 2. The molecule has 28 heavy (non-hydrogen) atoms. The molecular formula is C21H29N5O2. The monoisotopic (exact) mass is 383 g/mol. The molecule has 1 saturated heterocycles. The minimum atomic E-state index is -0.150. The molecule has 2 aromatic heterocycles. The zero-order chi connectivity index (χ0) is 19.7. The van der Waals surface area contributed by atoms with Crippen LogP contribution in [0.1, 0.15) is 72.4 Å². The summed E-state index contributed by atoms with van der Waals surface area (Å²) in [5.74, 6) is -0.0534. The molecule has 4 rings (SSSR count). The van der Waals surface area contributed by atoms with Crippen molar-refractivity contribution >= 4 is 17.3 Å². The lowest BCUT2D eigenvalue weighted by atomic mass is 9.76. The van der Waals surface area contributed by atoms with Crippen LogP contribution >= 0.6 is 0 Å². The summed E-state index contributed by atoms with van der Waals surface area (Å²) in [5.41, 5.74) is 2.37. The topological polar surface area (TPSA) is 79.6 Å². The SMILES string of the molecule is CC1(C)CC(=O)c2cnc3c(C(=O)NCCCN4CCCCC4)cnn3c2C1. The van der Waals surface area contributed by atoms with Crippen LogP contribution in [0.3, 0.4) is 0 Å². The van der Waals surface area contributed by atoms with Crippen molar-refractivity contribution in [3.05, 3.63) is 29.2 Å². The highest BCUT2D eigenvalue weighted by molar-refractivity contribution is 6.01. The first-order valence-corrected chi connectivity index (χ1v) is 10.3. The van der Waals surface area contributed by atoms with Crippen molar-refractivity contribution in [2.45, 2.75) is 52.4 Å². The summed E-state index contributed by atoms with van der Waals surface area (Å²) in [7, 11) is 0. The van der Waals surface area contributed by atoms with Crippen LogP contribution in [-0.2, 0) is 6.42 Å². The summed E-state index contributed by atoms with van der Waals surface area (Å²) in [6, 6.07) is 0. The first-order chi connectivity index (χ1) is 13.4. The van der Waals surface area contributed by atoms with Crippen molar-refractivity contribution in [1.82, 2.24) is 24.8 Å². The molecule has 0 bridgehead atoms. The van der Waals surface area contributed by atoms with Gasteiger partial charge in [0.1, 0.15) is 5.56 Å². The third-order valence-electron chi connectivity index (χ3n) is 5.84. The Balaban J connectivity index is 1.44. The predicted octanol–water partition coefficient (Wildman–Crippen LogP) is 2.49.